The Morgan fingerprint density at radius 3 is 1.91 bits per heavy atom. The zero-order valence-corrected chi connectivity index (χ0v) is 18.0. The van der Waals surface area contributed by atoms with Crippen molar-refractivity contribution in [2.75, 3.05) is 9.80 Å². The molecule has 4 amide bonds. The molecule has 0 bridgehead atoms. The molecule has 6 rings (SSSR count). The summed E-state index contributed by atoms with van der Waals surface area (Å²) in [6, 6.07) is 13.3. The van der Waals surface area contributed by atoms with E-state index in [2.05, 4.69) is 0 Å². The van der Waals surface area contributed by atoms with Gasteiger partial charge in [0, 0.05) is 19.4 Å². The first-order valence-corrected chi connectivity index (χ1v) is 10.9. The van der Waals surface area contributed by atoms with Gasteiger partial charge in [-0.15, -0.1) is 0 Å². The average Bonchev–Trinajstić information content (AvgIpc) is 3.46. The second kappa shape index (κ2) is 6.15. The molecule has 2 fully saturated rings. The van der Waals surface area contributed by atoms with Gasteiger partial charge < -0.3 is 4.74 Å². The summed E-state index contributed by atoms with van der Waals surface area (Å²) in [6.45, 7) is 2.53. The number of rotatable bonds is 1. The number of hydrogen-bond acceptors (Lipinski definition) is 6. The number of ether oxygens (including phenoxy) is 1. The number of imide groups is 2. The Kier molecular flexibility index (Phi) is 3.70. The molecule has 1 saturated heterocycles. The van der Waals surface area contributed by atoms with Gasteiger partial charge in [-0.3, -0.25) is 24.0 Å². The molecule has 0 radical (unpaired) electrons. The van der Waals surface area contributed by atoms with Crippen molar-refractivity contribution >= 4 is 41.0 Å². The lowest BCUT2D eigenvalue weighted by atomic mass is 9.59. The smallest absolute Gasteiger partial charge is 0.312 e. The fourth-order valence-corrected chi connectivity index (χ4v) is 6.16. The van der Waals surface area contributed by atoms with Crippen molar-refractivity contribution in [3.63, 3.8) is 0 Å². The van der Waals surface area contributed by atoms with Crippen LogP contribution in [0.4, 0.5) is 11.4 Å². The molecule has 1 saturated carbocycles. The number of anilines is 2. The number of benzene rings is 2. The SMILES string of the molecule is CC(=O)N1C(=O)[C@]2(c3ccccc31)[C@H](C1CC1)C(=O)O[C@]21C(=O)N(C(C)=O)c2ccccc21. The van der Waals surface area contributed by atoms with Crippen LogP contribution in [0.15, 0.2) is 48.5 Å². The molecule has 3 atom stereocenters. The number of hydrogen-bond donors (Lipinski definition) is 0. The zero-order valence-electron chi connectivity index (χ0n) is 18.0. The van der Waals surface area contributed by atoms with E-state index in [0.717, 1.165) is 9.80 Å². The lowest BCUT2D eigenvalue weighted by molar-refractivity contribution is -0.162. The Morgan fingerprint density at radius 2 is 1.33 bits per heavy atom. The van der Waals surface area contributed by atoms with Gasteiger partial charge in [0.05, 0.1) is 17.3 Å². The summed E-state index contributed by atoms with van der Waals surface area (Å²) in [7, 11) is 0. The van der Waals surface area contributed by atoms with Gasteiger partial charge in [0.15, 0.2) is 0 Å². The second-order valence-electron chi connectivity index (χ2n) is 9.08. The molecule has 33 heavy (non-hydrogen) atoms. The summed E-state index contributed by atoms with van der Waals surface area (Å²) in [6.07, 6.45) is 1.42. The van der Waals surface area contributed by atoms with Crippen molar-refractivity contribution in [3.8, 4) is 0 Å². The second-order valence-corrected chi connectivity index (χ2v) is 9.08. The van der Waals surface area contributed by atoms with Crippen molar-refractivity contribution < 1.29 is 28.7 Å². The first-order valence-electron chi connectivity index (χ1n) is 10.9. The van der Waals surface area contributed by atoms with E-state index in [9.17, 15) is 24.0 Å². The van der Waals surface area contributed by atoms with Crippen LogP contribution >= 0.6 is 0 Å². The Hall–Kier alpha value is -3.81. The van der Waals surface area contributed by atoms with Crippen LogP contribution in [-0.2, 0) is 39.7 Å². The van der Waals surface area contributed by atoms with Crippen molar-refractivity contribution in [2.24, 2.45) is 11.8 Å². The fraction of sp³-hybridized carbons (Fsp3) is 0.320. The number of fused-ring (bicyclic) bond motifs is 5. The van der Waals surface area contributed by atoms with E-state index in [4.69, 9.17) is 4.74 Å². The van der Waals surface area contributed by atoms with Crippen LogP contribution in [-0.4, -0.2) is 29.6 Å². The first-order chi connectivity index (χ1) is 15.8. The molecule has 0 N–H and O–H groups in total. The van der Waals surface area contributed by atoms with Crippen LogP contribution in [0.2, 0.25) is 0 Å². The predicted molar refractivity (Wildman–Crippen MR) is 115 cm³/mol. The standard InChI is InChI=1S/C25H20N2O6/c1-13(28)26-18-9-5-3-7-16(18)24(22(26)31)20(15-11-12-15)21(30)33-25(24)17-8-4-6-10-19(17)27(14(2)29)23(25)32/h3-10,15,20H,11-12H2,1-2H3/t20-,24+,25-/m1/s1. The predicted octanol–water partition coefficient (Wildman–Crippen LogP) is 2.19. The maximum absolute atomic E-state index is 14.3. The van der Waals surface area contributed by atoms with E-state index in [1.165, 1.54) is 13.8 Å². The molecule has 166 valence electrons. The minimum Gasteiger partial charge on any atom is -0.442 e. The van der Waals surface area contributed by atoms with Crippen molar-refractivity contribution in [3.05, 3.63) is 59.7 Å². The summed E-state index contributed by atoms with van der Waals surface area (Å²) in [5.74, 6) is -4.26. The van der Waals surface area contributed by atoms with E-state index in [0.29, 0.717) is 24.1 Å². The van der Waals surface area contributed by atoms with Gasteiger partial charge in [-0.2, -0.15) is 0 Å². The van der Waals surface area contributed by atoms with Gasteiger partial charge >= 0.3 is 5.97 Å². The van der Waals surface area contributed by atoms with E-state index in [-0.39, 0.29) is 17.2 Å². The molecule has 1 aliphatic carbocycles. The highest BCUT2D eigenvalue weighted by atomic mass is 16.6. The highest BCUT2D eigenvalue weighted by Gasteiger charge is 2.83. The molecule has 3 aliphatic heterocycles. The molecule has 2 aromatic rings. The minimum atomic E-state index is -2.07. The van der Waals surface area contributed by atoms with Crippen LogP contribution in [0, 0.1) is 11.8 Å². The summed E-state index contributed by atoms with van der Waals surface area (Å²) in [5, 5.41) is 0. The van der Waals surface area contributed by atoms with Crippen molar-refractivity contribution in [2.45, 2.75) is 37.7 Å². The quantitative estimate of drug-likeness (QED) is 0.625. The minimum absolute atomic E-state index is 0.160. The van der Waals surface area contributed by atoms with Gasteiger partial charge in [0.1, 0.15) is 5.41 Å². The van der Waals surface area contributed by atoms with Crippen LogP contribution in [0.3, 0.4) is 0 Å². The molecular formula is C25H20N2O6. The van der Waals surface area contributed by atoms with E-state index >= 15 is 0 Å². The fourth-order valence-electron chi connectivity index (χ4n) is 6.16. The summed E-state index contributed by atoms with van der Waals surface area (Å²) in [5.41, 5.74) is -2.55. The molecular weight excluding hydrogens is 424 g/mol. The third-order valence-electron chi connectivity index (χ3n) is 7.39. The molecule has 8 heteroatoms. The topological polar surface area (TPSA) is 101 Å². The van der Waals surface area contributed by atoms with Gasteiger partial charge in [-0.05, 0) is 36.5 Å². The van der Waals surface area contributed by atoms with Gasteiger partial charge in [-0.1, -0.05) is 36.4 Å². The molecule has 2 aromatic carbocycles. The summed E-state index contributed by atoms with van der Waals surface area (Å²) >= 11 is 0. The summed E-state index contributed by atoms with van der Waals surface area (Å²) in [4.78, 5) is 69.2. The highest BCUT2D eigenvalue weighted by molar-refractivity contribution is 6.31. The van der Waals surface area contributed by atoms with E-state index < -0.39 is 46.5 Å². The Balaban J connectivity index is 1.76. The highest BCUT2D eigenvalue weighted by Crippen LogP contribution is 2.68. The molecule has 3 heterocycles. The lowest BCUT2D eigenvalue weighted by Gasteiger charge is -2.38. The Labute approximate surface area is 189 Å². The van der Waals surface area contributed by atoms with Gasteiger partial charge in [-0.25, -0.2) is 9.80 Å². The van der Waals surface area contributed by atoms with Gasteiger partial charge in [0.2, 0.25) is 23.3 Å². The number of carbonyl (C=O) groups excluding carboxylic acids is 5. The zero-order chi connectivity index (χ0) is 23.3. The number of carbonyl (C=O) groups is 5. The van der Waals surface area contributed by atoms with E-state index in [1.807, 2.05) is 0 Å². The Bertz CT molecular complexity index is 1310. The van der Waals surface area contributed by atoms with Crippen molar-refractivity contribution in [1.82, 2.24) is 0 Å². The third-order valence-corrected chi connectivity index (χ3v) is 7.39. The van der Waals surface area contributed by atoms with Gasteiger partial charge in [0.25, 0.3) is 5.91 Å². The summed E-state index contributed by atoms with van der Waals surface area (Å²) < 4.78 is 5.99. The van der Waals surface area contributed by atoms with E-state index in [1.54, 1.807) is 48.5 Å². The third kappa shape index (κ3) is 2.05. The van der Waals surface area contributed by atoms with Crippen LogP contribution in [0.1, 0.15) is 37.8 Å². The normalized spacial score (nSPS) is 29.6. The molecule has 0 unspecified atom stereocenters. The average molecular weight is 444 g/mol. The number of para-hydroxylation sites is 2. The van der Waals surface area contributed by atoms with Crippen LogP contribution < -0.4 is 9.80 Å². The Morgan fingerprint density at radius 1 is 0.818 bits per heavy atom. The molecule has 0 aromatic heterocycles. The largest absolute Gasteiger partial charge is 0.442 e. The monoisotopic (exact) mass is 444 g/mol. The maximum atomic E-state index is 14.3. The van der Waals surface area contributed by atoms with Crippen LogP contribution in [0.25, 0.3) is 0 Å². The van der Waals surface area contributed by atoms with Crippen molar-refractivity contribution in [1.29, 1.82) is 0 Å². The first kappa shape index (κ1) is 19.8. The van der Waals surface area contributed by atoms with Crippen LogP contribution in [0.5, 0.6) is 0 Å². The molecule has 2 spiro atoms. The number of esters is 1. The number of amides is 4. The molecule has 4 aliphatic rings. The molecule has 8 nitrogen and oxygen atoms in total. The lowest BCUT2D eigenvalue weighted by Crippen LogP contribution is -2.61. The number of nitrogens with zero attached hydrogens (tertiary/aromatic N) is 2. The maximum Gasteiger partial charge on any atom is 0.312 e.